The molecule has 4 heteroatoms. The van der Waals surface area contributed by atoms with E-state index in [4.69, 9.17) is 5.73 Å². The predicted molar refractivity (Wildman–Crippen MR) is 64.1 cm³/mol. The van der Waals surface area contributed by atoms with Crippen LogP contribution in [0.3, 0.4) is 0 Å². The van der Waals surface area contributed by atoms with E-state index in [0.717, 1.165) is 5.69 Å². The van der Waals surface area contributed by atoms with E-state index in [9.17, 15) is 4.79 Å². The lowest BCUT2D eigenvalue weighted by molar-refractivity contribution is -0.115. The summed E-state index contributed by atoms with van der Waals surface area (Å²) < 4.78 is 0. The first kappa shape index (κ1) is 12.0. The Morgan fingerprint density at radius 1 is 1.56 bits per heavy atom. The Bertz CT molecular complexity index is 445. The number of amides is 1. The van der Waals surface area contributed by atoms with Gasteiger partial charge in [0, 0.05) is 17.5 Å². The summed E-state index contributed by atoms with van der Waals surface area (Å²) in [5.74, 6) is -0.298. The number of allylic oxidation sites excluding steroid dienone is 1. The third kappa shape index (κ3) is 3.57. The number of nitrogens with zero attached hydrogens (tertiary/aromatic N) is 1. The van der Waals surface area contributed by atoms with E-state index in [1.165, 1.54) is 6.08 Å². The molecule has 0 aromatic carbocycles. The summed E-state index contributed by atoms with van der Waals surface area (Å²) in [6.07, 6.45) is 1.31. The summed E-state index contributed by atoms with van der Waals surface area (Å²) in [7, 11) is 0. The molecule has 4 nitrogen and oxygen atoms in total. The SMILES string of the molecule is C=C(NC(=O)/C=C(/C)N)c1cccc(C)n1. The van der Waals surface area contributed by atoms with Crippen LogP contribution in [0.5, 0.6) is 0 Å². The van der Waals surface area contributed by atoms with Gasteiger partial charge in [0.25, 0.3) is 0 Å². The third-order valence-corrected chi connectivity index (χ3v) is 1.83. The van der Waals surface area contributed by atoms with Gasteiger partial charge in [0.05, 0.1) is 11.4 Å². The fourth-order valence-electron chi connectivity index (χ4n) is 1.17. The van der Waals surface area contributed by atoms with Crippen molar-refractivity contribution in [1.29, 1.82) is 0 Å². The van der Waals surface area contributed by atoms with Crippen molar-refractivity contribution in [2.75, 3.05) is 0 Å². The average Bonchev–Trinajstić information content (AvgIpc) is 2.16. The summed E-state index contributed by atoms with van der Waals surface area (Å²) in [5.41, 5.74) is 7.82. The number of nitrogens with one attached hydrogen (secondary N) is 1. The molecule has 1 amide bonds. The lowest BCUT2D eigenvalue weighted by Crippen LogP contribution is -2.20. The van der Waals surface area contributed by atoms with Crippen LogP contribution in [-0.2, 0) is 4.79 Å². The number of carbonyl (C=O) groups excluding carboxylic acids is 1. The van der Waals surface area contributed by atoms with Gasteiger partial charge in [0.15, 0.2) is 0 Å². The minimum Gasteiger partial charge on any atom is -0.402 e. The summed E-state index contributed by atoms with van der Waals surface area (Å²) in [6, 6.07) is 5.52. The molecule has 16 heavy (non-hydrogen) atoms. The van der Waals surface area contributed by atoms with Crippen LogP contribution in [0.4, 0.5) is 0 Å². The first-order valence-electron chi connectivity index (χ1n) is 4.86. The molecule has 0 saturated heterocycles. The van der Waals surface area contributed by atoms with Crippen molar-refractivity contribution < 1.29 is 4.79 Å². The van der Waals surface area contributed by atoms with Crippen molar-refractivity contribution in [1.82, 2.24) is 10.3 Å². The monoisotopic (exact) mass is 217 g/mol. The molecule has 1 aromatic rings. The van der Waals surface area contributed by atoms with Crippen molar-refractivity contribution in [2.24, 2.45) is 5.73 Å². The molecule has 0 radical (unpaired) electrons. The minimum absolute atomic E-state index is 0.298. The standard InChI is InChI=1S/C12H15N3O/c1-8(13)7-12(16)15-10(3)11-6-4-5-9(2)14-11/h4-7H,3,13H2,1-2H3,(H,15,16)/b8-7-. The number of carbonyl (C=O) groups is 1. The molecule has 0 aliphatic carbocycles. The van der Waals surface area contributed by atoms with Gasteiger partial charge < -0.3 is 11.1 Å². The normalized spacial score (nSPS) is 11.0. The van der Waals surface area contributed by atoms with Crippen LogP contribution >= 0.6 is 0 Å². The number of rotatable bonds is 3. The lowest BCUT2D eigenvalue weighted by Gasteiger charge is -2.06. The van der Waals surface area contributed by atoms with Crippen LogP contribution in [0.2, 0.25) is 0 Å². The fraction of sp³-hybridized carbons (Fsp3) is 0.167. The molecule has 0 bridgehead atoms. The second kappa shape index (κ2) is 5.11. The van der Waals surface area contributed by atoms with Crippen molar-refractivity contribution in [3.05, 3.63) is 47.9 Å². The molecule has 0 atom stereocenters. The summed E-state index contributed by atoms with van der Waals surface area (Å²) in [5, 5.41) is 2.60. The summed E-state index contributed by atoms with van der Waals surface area (Å²) in [6.45, 7) is 7.27. The molecule has 1 heterocycles. The van der Waals surface area contributed by atoms with Crippen molar-refractivity contribution in [3.63, 3.8) is 0 Å². The number of pyridine rings is 1. The zero-order chi connectivity index (χ0) is 12.1. The van der Waals surface area contributed by atoms with E-state index in [2.05, 4.69) is 16.9 Å². The van der Waals surface area contributed by atoms with Crippen LogP contribution in [-0.4, -0.2) is 10.9 Å². The highest BCUT2D eigenvalue weighted by molar-refractivity contribution is 5.94. The number of aromatic nitrogens is 1. The van der Waals surface area contributed by atoms with Crippen LogP contribution < -0.4 is 11.1 Å². The van der Waals surface area contributed by atoms with E-state index in [1.807, 2.05) is 19.1 Å². The Kier molecular flexibility index (Phi) is 3.83. The van der Waals surface area contributed by atoms with Gasteiger partial charge in [-0.25, -0.2) is 0 Å². The molecule has 0 unspecified atom stereocenters. The van der Waals surface area contributed by atoms with E-state index >= 15 is 0 Å². The second-order valence-electron chi connectivity index (χ2n) is 3.52. The van der Waals surface area contributed by atoms with Crippen LogP contribution in [0, 0.1) is 6.92 Å². The molecular formula is C12H15N3O. The Balaban J connectivity index is 2.73. The number of aryl methyl sites for hydroxylation is 1. The van der Waals surface area contributed by atoms with Gasteiger partial charge in [-0.15, -0.1) is 0 Å². The van der Waals surface area contributed by atoms with E-state index < -0.39 is 0 Å². The average molecular weight is 217 g/mol. The largest absolute Gasteiger partial charge is 0.402 e. The molecule has 0 aliphatic heterocycles. The van der Waals surface area contributed by atoms with Crippen LogP contribution in [0.25, 0.3) is 5.70 Å². The van der Waals surface area contributed by atoms with Crippen molar-refractivity contribution in [2.45, 2.75) is 13.8 Å². The lowest BCUT2D eigenvalue weighted by atomic mass is 10.2. The molecule has 1 rings (SSSR count). The number of hydrogen-bond acceptors (Lipinski definition) is 3. The fourth-order valence-corrected chi connectivity index (χ4v) is 1.17. The Morgan fingerprint density at radius 2 is 2.25 bits per heavy atom. The van der Waals surface area contributed by atoms with Gasteiger partial charge in [-0.2, -0.15) is 0 Å². The zero-order valence-electron chi connectivity index (χ0n) is 9.45. The van der Waals surface area contributed by atoms with Gasteiger partial charge in [-0.1, -0.05) is 12.6 Å². The quantitative estimate of drug-likeness (QED) is 0.751. The molecule has 1 aromatic heterocycles. The maximum Gasteiger partial charge on any atom is 0.250 e. The maximum absolute atomic E-state index is 11.4. The highest BCUT2D eigenvalue weighted by Crippen LogP contribution is 2.06. The Labute approximate surface area is 94.9 Å². The topological polar surface area (TPSA) is 68.0 Å². The van der Waals surface area contributed by atoms with Crippen molar-refractivity contribution in [3.8, 4) is 0 Å². The first-order valence-corrected chi connectivity index (χ1v) is 4.86. The zero-order valence-corrected chi connectivity index (χ0v) is 9.45. The summed E-state index contributed by atoms with van der Waals surface area (Å²) >= 11 is 0. The van der Waals surface area contributed by atoms with E-state index in [1.54, 1.807) is 13.0 Å². The highest BCUT2D eigenvalue weighted by atomic mass is 16.1. The Hall–Kier alpha value is -2.10. The van der Waals surface area contributed by atoms with Gasteiger partial charge in [0.1, 0.15) is 0 Å². The molecule has 84 valence electrons. The summed E-state index contributed by atoms with van der Waals surface area (Å²) in [4.78, 5) is 15.6. The minimum atomic E-state index is -0.298. The molecule has 3 N–H and O–H groups in total. The smallest absolute Gasteiger partial charge is 0.250 e. The predicted octanol–water partition coefficient (Wildman–Crippen LogP) is 1.34. The second-order valence-corrected chi connectivity index (χ2v) is 3.52. The third-order valence-electron chi connectivity index (χ3n) is 1.83. The molecule has 0 aliphatic rings. The maximum atomic E-state index is 11.4. The van der Waals surface area contributed by atoms with E-state index in [0.29, 0.717) is 17.1 Å². The number of nitrogens with two attached hydrogens (primary N) is 1. The van der Waals surface area contributed by atoms with Crippen LogP contribution in [0.15, 0.2) is 36.6 Å². The molecule has 0 fully saturated rings. The van der Waals surface area contributed by atoms with Gasteiger partial charge in [-0.05, 0) is 26.0 Å². The van der Waals surface area contributed by atoms with Gasteiger partial charge >= 0.3 is 0 Å². The van der Waals surface area contributed by atoms with Gasteiger partial charge in [-0.3, -0.25) is 9.78 Å². The molecule has 0 saturated carbocycles. The van der Waals surface area contributed by atoms with Crippen molar-refractivity contribution >= 4 is 11.6 Å². The highest BCUT2D eigenvalue weighted by Gasteiger charge is 2.03. The molecule has 0 spiro atoms. The van der Waals surface area contributed by atoms with Crippen LogP contribution in [0.1, 0.15) is 18.3 Å². The van der Waals surface area contributed by atoms with Gasteiger partial charge in [0.2, 0.25) is 5.91 Å². The first-order chi connectivity index (χ1) is 7.49. The van der Waals surface area contributed by atoms with E-state index in [-0.39, 0.29) is 5.91 Å². The number of hydrogen-bond donors (Lipinski definition) is 2. The molecular weight excluding hydrogens is 202 g/mol. The Morgan fingerprint density at radius 3 is 2.81 bits per heavy atom.